The largest absolute Gasteiger partial charge is 0.488 e. The maximum Gasteiger partial charge on any atom is 0.227 e. The van der Waals surface area contributed by atoms with Gasteiger partial charge in [0.1, 0.15) is 17.4 Å². The Morgan fingerprint density at radius 2 is 1.97 bits per heavy atom. The predicted molar refractivity (Wildman–Crippen MR) is 147 cm³/mol. The molecule has 188 valence electrons. The number of rotatable bonds is 6. The van der Waals surface area contributed by atoms with Crippen molar-refractivity contribution in [1.82, 2.24) is 15.3 Å². The molecule has 2 saturated heterocycles. The van der Waals surface area contributed by atoms with E-state index in [0.29, 0.717) is 5.95 Å². The topological polar surface area (TPSA) is 83.9 Å². The van der Waals surface area contributed by atoms with Crippen LogP contribution < -0.4 is 20.3 Å². The summed E-state index contributed by atoms with van der Waals surface area (Å²) in [5.74, 6) is 2.41. The van der Waals surface area contributed by atoms with E-state index in [1.54, 1.807) is 11.8 Å². The van der Waals surface area contributed by atoms with E-state index in [1.165, 1.54) is 11.3 Å². The average molecular weight is 505 g/mol. The average Bonchev–Trinajstić information content (AvgIpc) is 3.45. The molecule has 2 fully saturated rings. The number of hydrogen-bond donors (Lipinski definition) is 2. The summed E-state index contributed by atoms with van der Waals surface area (Å²) < 4.78 is 12.1. The number of anilines is 3. The molecule has 0 spiro atoms. The summed E-state index contributed by atoms with van der Waals surface area (Å²) in [7, 11) is 0. The first-order valence-corrected chi connectivity index (χ1v) is 13.8. The summed E-state index contributed by atoms with van der Waals surface area (Å²) in [4.78, 5) is 16.6. The monoisotopic (exact) mass is 504 g/mol. The van der Waals surface area contributed by atoms with E-state index in [1.807, 2.05) is 6.20 Å². The molecule has 0 amide bonds. The van der Waals surface area contributed by atoms with Crippen molar-refractivity contribution in [2.24, 2.45) is 4.99 Å². The van der Waals surface area contributed by atoms with Gasteiger partial charge in [0, 0.05) is 53.9 Å². The van der Waals surface area contributed by atoms with Gasteiger partial charge in [-0.25, -0.2) is 9.97 Å². The first-order valence-electron chi connectivity index (χ1n) is 12.8. The van der Waals surface area contributed by atoms with E-state index in [0.717, 1.165) is 97.5 Å². The van der Waals surface area contributed by atoms with Gasteiger partial charge < -0.3 is 25.0 Å². The third kappa shape index (κ3) is 5.28. The van der Waals surface area contributed by atoms with Gasteiger partial charge in [0.25, 0.3) is 0 Å². The maximum absolute atomic E-state index is 6.55. The Hall–Kier alpha value is -2.88. The number of ether oxygens (including phenoxy) is 2. The summed E-state index contributed by atoms with van der Waals surface area (Å²) in [6.45, 7) is 8.26. The number of nitrogens with one attached hydrogen (secondary N) is 2. The van der Waals surface area contributed by atoms with Crippen LogP contribution in [0.1, 0.15) is 24.0 Å². The highest BCUT2D eigenvalue weighted by Gasteiger charge is 2.20. The fourth-order valence-corrected chi connectivity index (χ4v) is 5.80. The molecule has 0 radical (unpaired) electrons. The quantitative estimate of drug-likeness (QED) is 0.518. The molecule has 36 heavy (non-hydrogen) atoms. The van der Waals surface area contributed by atoms with Crippen molar-refractivity contribution in [3.63, 3.8) is 0 Å². The molecule has 3 aliphatic rings. The number of morpholine rings is 1. The van der Waals surface area contributed by atoms with Crippen molar-refractivity contribution >= 4 is 45.0 Å². The second kappa shape index (κ2) is 10.6. The molecule has 4 heterocycles. The predicted octanol–water partition coefficient (Wildman–Crippen LogP) is 4.14. The van der Waals surface area contributed by atoms with Gasteiger partial charge in [-0.15, -0.1) is 11.8 Å². The second-order valence-electron chi connectivity index (χ2n) is 9.49. The van der Waals surface area contributed by atoms with Gasteiger partial charge in [-0.1, -0.05) is 0 Å². The van der Waals surface area contributed by atoms with E-state index in [4.69, 9.17) is 14.5 Å². The van der Waals surface area contributed by atoms with Crippen molar-refractivity contribution in [3.05, 3.63) is 47.7 Å². The van der Waals surface area contributed by atoms with Gasteiger partial charge in [0.2, 0.25) is 5.95 Å². The molecule has 2 aromatic carbocycles. The lowest BCUT2D eigenvalue weighted by Gasteiger charge is -2.29. The number of fused-ring (bicyclic) bond motifs is 1. The molecule has 0 aliphatic carbocycles. The zero-order chi connectivity index (χ0) is 24.3. The minimum atomic E-state index is 0.182. The SMILES string of the molecule is Cc1cc(Nc2ncc3cc(C4=NCCS4)cc(OC4CCNCC4)c3n2)cc(N2CCOCC2)c1. The van der Waals surface area contributed by atoms with E-state index in [2.05, 4.69) is 62.8 Å². The molecule has 9 heteroatoms. The Bertz CT molecular complexity index is 1270. The number of aromatic nitrogens is 2. The number of nitrogens with zero attached hydrogens (tertiary/aromatic N) is 4. The van der Waals surface area contributed by atoms with Crippen molar-refractivity contribution < 1.29 is 9.47 Å². The van der Waals surface area contributed by atoms with E-state index in [-0.39, 0.29) is 6.10 Å². The lowest BCUT2D eigenvalue weighted by molar-refractivity contribution is 0.122. The van der Waals surface area contributed by atoms with Crippen molar-refractivity contribution in [1.29, 1.82) is 0 Å². The van der Waals surface area contributed by atoms with Crippen LogP contribution in [0, 0.1) is 6.92 Å². The smallest absolute Gasteiger partial charge is 0.227 e. The Morgan fingerprint density at radius 3 is 2.78 bits per heavy atom. The van der Waals surface area contributed by atoms with Crippen LogP contribution in [0.2, 0.25) is 0 Å². The number of aliphatic imine (C=N–C) groups is 1. The van der Waals surface area contributed by atoms with Gasteiger partial charge in [0.05, 0.1) is 18.3 Å². The van der Waals surface area contributed by atoms with Crippen LogP contribution >= 0.6 is 11.8 Å². The highest BCUT2D eigenvalue weighted by molar-refractivity contribution is 8.14. The molecule has 6 rings (SSSR count). The van der Waals surface area contributed by atoms with E-state index >= 15 is 0 Å². The fraction of sp³-hybridized carbons (Fsp3) is 0.444. The van der Waals surface area contributed by atoms with Crippen LogP contribution in [0.25, 0.3) is 10.9 Å². The van der Waals surface area contributed by atoms with Crippen LogP contribution in [-0.2, 0) is 4.74 Å². The third-order valence-electron chi connectivity index (χ3n) is 6.75. The van der Waals surface area contributed by atoms with Crippen LogP contribution in [0.15, 0.2) is 41.5 Å². The molecular formula is C27H32N6O2S. The second-order valence-corrected chi connectivity index (χ2v) is 10.6. The van der Waals surface area contributed by atoms with Crippen molar-refractivity contribution in [2.75, 3.05) is 61.9 Å². The molecular weight excluding hydrogens is 472 g/mol. The van der Waals surface area contributed by atoms with Gasteiger partial charge >= 0.3 is 0 Å². The van der Waals surface area contributed by atoms with Crippen LogP contribution in [-0.4, -0.2) is 72.8 Å². The number of piperidine rings is 1. The first-order chi connectivity index (χ1) is 17.7. The molecule has 0 bridgehead atoms. The summed E-state index contributed by atoms with van der Waals surface area (Å²) in [5.41, 5.74) is 5.28. The molecule has 1 aromatic heterocycles. The van der Waals surface area contributed by atoms with Gasteiger partial charge in [-0.2, -0.15) is 0 Å². The normalized spacial score (nSPS) is 18.9. The van der Waals surface area contributed by atoms with Gasteiger partial charge in [-0.05, 0) is 68.8 Å². The highest BCUT2D eigenvalue weighted by atomic mass is 32.2. The van der Waals surface area contributed by atoms with Crippen molar-refractivity contribution in [3.8, 4) is 5.75 Å². The summed E-state index contributed by atoms with van der Waals surface area (Å²) in [6.07, 6.45) is 4.06. The van der Waals surface area contributed by atoms with Crippen LogP contribution in [0.3, 0.4) is 0 Å². The summed E-state index contributed by atoms with van der Waals surface area (Å²) >= 11 is 1.80. The number of aryl methyl sites for hydroxylation is 1. The number of thioether (sulfide) groups is 1. The maximum atomic E-state index is 6.55. The lowest BCUT2D eigenvalue weighted by atomic mass is 10.1. The van der Waals surface area contributed by atoms with Crippen LogP contribution in [0.5, 0.6) is 5.75 Å². The minimum absolute atomic E-state index is 0.182. The molecule has 8 nitrogen and oxygen atoms in total. The van der Waals surface area contributed by atoms with Crippen LogP contribution in [0.4, 0.5) is 17.3 Å². The molecule has 0 saturated carbocycles. The molecule has 0 atom stereocenters. The Morgan fingerprint density at radius 1 is 1.11 bits per heavy atom. The molecule has 0 unspecified atom stereocenters. The third-order valence-corrected chi connectivity index (χ3v) is 7.78. The van der Waals surface area contributed by atoms with Gasteiger partial charge in [0.15, 0.2) is 0 Å². The Kier molecular flexibility index (Phi) is 6.94. The zero-order valence-electron chi connectivity index (χ0n) is 20.6. The Balaban J connectivity index is 1.32. The van der Waals surface area contributed by atoms with Crippen molar-refractivity contribution in [2.45, 2.75) is 25.9 Å². The minimum Gasteiger partial charge on any atom is -0.488 e. The molecule has 3 aliphatic heterocycles. The standard InChI is InChI=1S/C27H32N6O2S/c1-18-12-21(16-22(13-18)33-7-9-34-10-8-33)31-27-30-17-20-14-19(26-29-6-11-36-26)15-24(25(20)32-27)35-23-2-4-28-5-3-23/h12-17,23,28H,2-11H2,1H3,(H,30,31,32). The van der Waals surface area contributed by atoms with E-state index < -0.39 is 0 Å². The molecule has 2 N–H and O–H groups in total. The number of benzene rings is 2. The van der Waals surface area contributed by atoms with Gasteiger partial charge in [-0.3, -0.25) is 4.99 Å². The Labute approximate surface area is 215 Å². The molecule has 3 aromatic rings. The highest BCUT2D eigenvalue weighted by Crippen LogP contribution is 2.32. The lowest BCUT2D eigenvalue weighted by Crippen LogP contribution is -2.36. The number of hydrogen-bond acceptors (Lipinski definition) is 9. The fourth-order valence-electron chi connectivity index (χ4n) is 4.96. The van der Waals surface area contributed by atoms with E-state index in [9.17, 15) is 0 Å². The zero-order valence-corrected chi connectivity index (χ0v) is 21.4. The first kappa shape index (κ1) is 23.5. The summed E-state index contributed by atoms with van der Waals surface area (Å²) in [5, 5.41) is 8.90. The summed E-state index contributed by atoms with van der Waals surface area (Å²) in [6, 6.07) is 10.8.